The van der Waals surface area contributed by atoms with Crippen molar-refractivity contribution in [3.05, 3.63) is 35.4 Å². The Morgan fingerprint density at radius 1 is 1.00 bits per heavy atom. The Morgan fingerprint density at radius 2 is 1.52 bits per heavy atom. The largest absolute Gasteiger partial charge is 0.339 e. The molecule has 0 N–H and O–H groups in total. The molecule has 124 valence electrons. The van der Waals surface area contributed by atoms with Crippen LogP contribution in [0.5, 0.6) is 0 Å². The zero-order valence-electron chi connectivity index (χ0n) is 13.9. The minimum atomic E-state index is -0.118. The molecule has 0 saturated carbocycles. The molecule has 23 heavy (non-hydrogen) atoms. The second-order valence-electron chi connectivity index (χ2n) is 5.86. The molecule has 0 atom stereocenters. The average Bonchev–Trinajstić information content (AvgIpc) is 2.87. The van der Waals surface area contributed by atoms with E-state index in [1.165, 1.54) is 4.90 Å². The Kier molecular flexibility index (Phi) is 5.90. The predicted molar refractivity (Wildman–Crippen MR) is 87.7 cm³/mol. The summed E-state index contributed by atoms with van der Waals surface area (Å²) in [5.74, 6) is -0.201. The smallest absolute Gasteiger partial charge is 0.253 e. The summed E-state index contributed by atoms with van der Waals surface area (Å²) in [6.07, 6.45) is 2.48. The Balaban J connectivity index is 2.05. The van der Waals surface area contributed by atoms with Gasteiger partial charge < -0.3 is 4.90 Å². The molecule has 1 aliphatic heterocycles. The van der Waals surface area contributed by atoms with Crippen LogP contribution >= 0.6 is 0 Å². The van der Waals surface area contributed by atoms with Crippen molar-refractivity contribution in [2.45, 2.75) is 46.1 Å². The molecule has 5 nitrogen and oxygen atoms in total. The van der Waals surface area contributed by atoms with Crippen LogP contribution in [-0.4, -0.2) is 40.6 Å². The van der Waals surface area contributed by atoms with E-state index < -0.39 is 0 Å². The fourth-order valence-electron chi connectivity index (χ4n) is 2.77. The number of nitrogens with zero attached hydrogens (tertiary/aromatic N) is 2. The van der Waals surface area contributed by atoms with Gasteiger partial charge in [0.15, 0.2) is 0 Å². The number of hydrogen-bond acceptors (Lipinski definition) is 3. The monoisotopic (exact) mass is 316 g/mol. The normalized spacial score (nSPS) is 14.4. The lowest BCUT2D eigenvalue weighted by Gasteiger charge is -2.21. The van der Waals surface area contributed by atoms with E-state index in [9.17, 15) is 14.4 Å². The number of rotatable bonds is 7. The molecule has 0 radical (unpaired) electrons. The molecule has 1 aromatic carbocycles. The van der Waals surface area contributed by atoms with Crippen LogP contribution in [0.1, 0.15) is 55.5 Å². The van der Waals surface area contributed by atoms with E-state index in [2.05, 4.69) is 13.8 Å². The molecule has 1 fully saturated rings. The standard InChI is InChI=1S/C18H24N2O3/c1-3-11-19(12-4-2)18(23)15-7-5-14(6-8-15)13-20-16(21)9-10-17(20)22/h5-8H,3-4,9-13H2,1-2H3. The third-order valence-electron chi connectivity index (χ3n) is 3.97. The van der Waals surface area contributed by atoms with Crippen LogP contribution in [0, 0.1) is 0 Å². The van der Waals surface area contributed by atoms with Crippen LogP contribution < -0.4 is 0 Å². The van der Waals surface area contributed by atoms with Gasteiger partial charge in [-0.05, 0) is 30.5 Å². The highest BCUT2D eigenvalue weighted by Crippen LogP contribution is 2.17. The molecule has 2 rings (SSSR count). The number of carbonyl (C=O) groups excluding carboxylic acids is 3. The first-order valence-corrected chi connectivity index (χ1v) is 8.28. The molecule has 1 heterocycles. The van der Waals surface area contributed by atoms with Gasteiger partial charge in [0.05, 0.1) is 6.54 Å². The lowest BCUT2D eigenvalue weighted by Crippen LogP contribution is -2.32. The van der Waals surface area contributed by atoms with Crippen molar-refractivity contribution in [1.82, 2.24) is 9.80 Å². The number of likely N-dealkylation sites (tertiary alicyclic amines) is 1. The summed E-state index contributed by atoms with van der Waals surface area (Å²) in [4.78, 5) is 38.9. The molecule has 0 unspecified atom stereocenters. The van der Waals surface area contributed by atoms with Gasteiger partial charge in [-0.1, -0.05) is 26.0 Å². The van der Waals surface area contributed by atoms with Gasteiger partial charge in [-0.25, -0.2) is 0 Å². The Labute approximate surface area is 137 Å². The predicted octanol–water partition coefficient (Wildman–Crippen LogP) is 2.60. The van der Waals surface area contributed by atoms with E-state index >= 15 is 0 Å². The topological polar surface area (TPSA) is 57.7 Å². The van der Waals surface area contributed by atoms with E-state index in [0.717, 1.165) is 31.5 Å². The Morgan fingerprint density at radius 3 is 2.00 bits per heavy atom. The summed E-state index contributed by atoms with van der Waals surface area (Å²) in [5.41, 5.74) is 1.51. The number of benzene rings is 1. The highest BCUT2D eigenvalue weighted by molar-refractivity contribution is 6.01. The fraction of sp³-hybridized carbons (Fsp3) is 0.500. The zero-order valence-corrected chi connectivity index (χ0v) is 13.9. The molecule has 0 aromatic heterocycles. The van der Waals surface area contributed by atoms with Gasteiger partial charge in [0.25, 0.3) is 5.91 Å². The number of amides is 3. The minimum Gasteiger partial charge on any atom is -0.339 e. The van der Waals surface area contributed by atoms with Gasteiger partial charge in [-0.15, -0.1) is 0 Å². The van der Waals surface area contributed by atoms with Gasteiger partial charge in [0.1, 0.15) is 0 Å². The molecule has 0 aliphatic carbocycles. The maximum Gasteiger partial charge on any atom is 0.253 e. The first-order chi connectivity index (χ1) is 11.1. The minimum absolute atomic E-state index is 0.0357. The van der Waals surface area contributed by atoms with Crippen molar-refractivity contribution in [3.63, 3.8) is 0 Å². The van der Waals surface area contributed by atoms with Gasteiger partial charge >= 0.3 is 0 Å². The zero-order chi connectivity index (χ0) is 16.8. The molecule has 0 spiro atoms. The molecular formula is C18H24N2O3. The van der Waals surface area contributed by atoms with Crippen molar-refractivity contribution >= 4 is 17.7 Å². The summed E-state index contributed by atoms with van der Waals surface area (Å²) in [5, 5.41) is 0. The van der Waals surface area contributed by atoms with Crippen LogP contribution in [0.3, 0.4) is 0 Å². The van der Waals surface area contributed by atoms with Gasteiger partial charge in [-0.2, -0.15) is 0 Å². The van der Waals surface area contributed by atoms with Crippen LogP contribution in [-0.2, 0) is 16.1 Å². The van der Waals surface area contributed by atoms with Crippen molar-refractivity contribution in [2.75, 3.05) is 13.1 Å². The summed E-state index contributed by atoms with van der Waals surface area (Å²) in [6, 6.07) is 7.20. The van der Waals surface area contributed by atoms with E-state index in [1.807, 2.05) is 17.0 Å². The highest BCUT2D eigenvalue weighted by atomic mass is 16.2. The van der Waals surface area contributed by atoms with E-state index in [1.54, 1.807) is 12.1 Å². The molecule has 0 bridgehead atoms. The van der Waals surface area contributed by atoms with E-state index in [-0.39, 0.29) is 17.7 Å². The highest BCUT2D eigenvalue weighted by Gasteiger charge is 2.28. The Bertz CT molecular complexity index is 558. The van der Waals surface area contributed by atoms with Crippen LogP contribution in [0.2, 0.25) is 0 Å². The molecule has 3 amide bonds. The first-order valence-electron chi connectivity index (χ1n) is 8.28. The number of hydrogen-bond donors (Lipinski definition) is 0. The lowest BCUT2D eigenvalue weighted by molar-refractivity contribution is -0.139. The number of imide groups is 1. The maximum absolute atomic E-state index is 12.5. The summed E-state index contributed by atoms with van der Waals surface area (Å²) in [6.45, 7) is 5.92. The molecular weight excluding hydrogens is 292 g/mol. The van der Waals surface area contributed by atoms with Gasteiger partial charge in [-0.3, -0.25) is 19.3 Å². The Hall–Kier alpha value is -2.17. The molecule has 1 aliphatic rings. The average molecular weight is 316 g/mol. The summed E-state index contributed by atoms with van der Waals surface area (Å²) >= 11 is 0. The van der Waals surface area contributed by atoms with Crippen LogP contribution in [0.15, 0.2) is 24.3 Å². The van der Waals surface area contributed by atoms with Crippen molar-refractivity contribution in [2.24, 2.45) is 0 Å². The molecule has 5 heteroatoms. The second kappa shape index (κ2) is 7.90. The molecule has 1 saturated heterocycles. The SMILES string of the molecule is CCCN(CCC)C(=O)c1ccc(CN2C(=O)CCC2=O)cc1. The van der Waals surface area contributed by atoms with Gasteiger partial charge in [0, 0.05) is 31.5 Å². The van der Waals surface area contributed by atoms with E-state index in [0.29, 0.717) is 24.9 Å². The lowest BCUT2D eigenvalue weighted by atomic mass is 10.1. The molecule has 1 aromatic rings. The second-order valence-corrected chi connectivity index (χ2v) is 5.86. The third kappa shape index (κ3) is 4.18. The van der Waals surface area contributed by atoms with Crippen molar-refractivity contribution in [1.29, 1.82) is 0 Å². The van der Waals surface area contributed by atoms with Crippen molar-refractivity contribution in [3.8, 4) is 0 Å². The first kappa shape index (κ1) is 17.2. The maximum atomic E-state index is 12.5. The van der Waals surface area contributed by atoms with Crippen molar-refractivity contribution < 1.29 is 14.4 Å². The van der Waals surface area contributed by atoms with Crippen LogP contribution in [0.4, 0.5) is 0 Å². The third-order valence-corrected chi connectivity index (χ3v) is 3.97. The van der Waals surface area contributed by atoms with Gasteiger partial charge in [0.2, 0.25) is 11.8 Å². The van der Waals surface area contributed by atoms with Crippen LogP contribution in [0.25, 0.3) is 0 Å². The number of carbonyl (C=O) groups is 3. The quantitative estimate of drug-likeness (QED) is 0.727. The summed E-state index contributed by atoms with van der Waals surface area (Å²) < 4.78 is 0. The fourth-order valence-corrected chi connectivity index (χ4v) is 2.77. The van der Waals surface area contributed by atoms with E-state index in [4.69, 9.17) is 0 Å². The summed E-state index contributed by atoms with van der Waals surface area (Å²) in [7, 11) is 0.